The molecule has 5 nitrogen and oxygen atoms in total. The molecule has 0 unspecified atom stereocenters. The number of fused-ring (bicyclic) bond motifs is 1. The number of pyridine rings is 1. The molecule has 1 heterocycles. The number of rotatable bonds is 5. The molecule has 1 aromatic carbocycles. The van der Waals surface area contributed by atoms with Gasteiger partial charge in [-0.2, -0.15) is 0 Å². The zero-order chi connectivity index (χ0) is 17.2. The lowest BCUT2D eigenvalue weighted by atomic mass is 9.93. The van der Waals surface area contributed by atoms with E-state index in [4.69, 9.17) is 11.6 Å². The Bertz CT molecular complexity index is 781. The van der Waals surface area contributed by atoms with Gasteiger partial charge in [-0.3, -0.25) is 9.59 Å². The van der Waals surface area contributed by atoms with Gasteiger partial charge in [-0.15, -0.1) is 0 Å². The van der Waals surface area contributed by atoms with Crippen LogP contribution in [-0.4, -0.2) is 43.0 Å². The molecule has 0 aliphatic rings. The molecule has 2 N–H and O–H groups in total. The molecule has 1 aromatic heterocycles. The summed E-state index contributed by atoms with van der Waals surface area (Å²) in [5.74, 6) is -0.366. The lowest BCUT2D eigenvalue weighted by Gasteiger charge is -2.28. The quantitative estimate of drug-likeness (QED) is 0.882. The molecule has 0 saturated heterocycles. The Morgan fingerprint density at radius 2 is 2.04 bits per heavy atom. The predicted molar refractivity (Wildman–Crippen MR) is 94.2 cm³/mol. The molecule has 0 spiro atoms. The molecule has 0 aliphatic carbocycles. The number of carbonyl (C=O) groups is 1. The van der Waals surface area contributed by atoms with Crippen LogP contribution in [0.2, 0.25) is 5.02 Å². The molecule has 0 radical (unpaired) electrons. The van der Waals surface area contributed by atoms with Gasteiger partial charge in [-0.05, 0) is 37.7 Å². The van der Waals surface area contributed by atoms with Gasteiger partial charge >= 0.3 is 0 Å². The number of benzene rings is 1. The van der Waals surface area contributed by atoms with Crippen molar-refractivity contribution in [2.45, 2.75) is 13.8 Å². The molecule has 0 bridgehead atoms. The van der Waals surface area contributed by atoms with Crippen molar-refractivity contribution < 1.29 is 4.79 Å². The molecular formula is C17H22ClN3O2. The minimum absolute atomic E-state index is 0.0870. The predicted octanol–water partition coefficient (Wildman–Crippen LogP) is 2.50. The summed E-state index contributed by atoms with van der Waals surface area (Å²) < 4.78 is 0. The van der Waals surface area contributed by atoms with E-state index >= 15 is 0 Å². The van der Waals surface area contributed by atoms with Gasteiger partial charge in [-0.1, -0.05) is 25.4 Å². The highest BCUT2D eigenvalue weighted by atomic mass is 35.5. The highest BCUT2D eigenvalue weighted by Gasteiger charge is 2.21. The maximum Gasteiger partial charge on any atom is 0.256 e. The number of hydrogen-bond acceptors (Lipinski definition) is 3. The van der Waals surface area contributed by atoms with E-state index in [1.54, 1.807) is 18.2 Å². The second-order valence-electron chi connectivity index (χ2n) is 6.81. The summed E-state index contributed by atoms with van der Waals surface area (Å²) in [6.45, 7) is 5.46. The van der Waals surface area contributed by atoms with Crippen molar-refractivity contribution in [2.24, 2.45) is 5.41 Å². The minimum Gasteiger partial charge on any atom is -0.360 e. The zero-order valence-corrected chi connectivity index (χ0v) is 14.6. The third-order valence-corrected chi connectivity index (χ3v) is 3.79. The van der Waals surface area contributed by atoms with Crippen LogP contribution in [-0.2, 0) is 0 Å². The first-order valence-electron chi connectivity index (χ1n) is 7.43. The summed E-state index contributed by atoms with van der Waals surface area (Å²) in [5, 5.41) is 3.84. The molecule has 1 amide bonds. The van der Waals surface area contributed by atoms with Crippen molar-refractivity contribution in [1.29, 1.82) is 0 Å². The molecule has 124 valence electrons. The topological polar surface area (TPSA) is 65.2 Å². The third kappa shape index (κ3) is 4.33. The number of hydrogen-bond donors (Lipinski definition) is 2. The fraction of sp³-hybridized carbons (Fsp3) is 0.412. The van der Waals surface area contributed by atoms with Crippen LogP contribution in [0.5, 0.6) is 0 Å². The van der Waals surface area contributed by atoms with Gasteiger partial charge in [0.05, 0.1) is 5.52 Å². The molecule has 0 saturated carbocycles. The van der Waals surface area contributed by atoms with Crippen molar-refractivity contribution in [3.05, 3.63) is 45.2 Å². The van der Waals surface area contributed by atoms with E-state index in [0.29, 0.717) is 22.5 Å². The smallest absolute Gasteiger partial charge is 0.256 e. The SMILES string of the molecule is CN(C)CC(C)(C)CNC(=O)c1c[nH]c2cc(Cl)ccc2c1=O. The summed E-state index contributed by atoms with van der Waals surface area (Å²) in [4.78, 5) is 29.8. The van der Waals surface area contributed by atoms with Crippen LogP contribution < -0.4 is 10.7 Å². The fourth-order valence-electron chi connectivity index (χ4n) is 2.69. The van der Waals surface area contributed by atoms with E-state index in [1.165, 1.54) is 6.20 Å². The van der Waals surface area contributed by atoms with E-state index in [-0.39, 0.29) is 22.3 Å². The second-order valence-corrected chi connectivity index (χ2v) is 7.24. The van der Waals surface area contributed by atoms with Gasteiger partial charge in [0.2, 0.25) is 5.43 Å². The normalized spacial score (nSPS) is 11.9. The standard InChI is InChI=1S/C17H22ClN3O2/c1-17(2,10-21(3)4)9-20-16(23)13-8-19-14-7-11(18)5-6-12(14)15(13)22/h5-8H,9-10H2,1-4H3,(H,19,22)(H,20,23). The van der Waals surface area contributed by atoms with Crippen LogP contribution in [0.4, 0.5) is 0 Å². The van der Waals surface area contributed by atoms with E-state index in [1.807, 2.05) is 14.1 Å². The summed E-state index contributed by atoms with van der Waals surface area (Å²) in [6.07, 6.45) is 1.44. The summed E-state index contributed by atoms with van der Waals surface area (Å²) in [6, 6.07) is 4.93. The first kappa shape index (κ1) is 17.5. The van der Waals surface area contributed by atoms with Gasteiger partial charge in [0, 0.05) is 29.7 Å². The maximum absolute atomic E-state index is 12.5. The van der Waals surface area contributed by atoms with Gasteiger partial charge < -0.3 is 15.2 Å². The van der Waals surface area contributed by atoms with Crippen molar-refractivity contribution in [1.82, 2.24) is 15.2 Å². The number of nitrogens with zero attached hydrogens (tertiary/aromatic N) is 1. The number of halogens is 1. The Kier molecular flexibility index (Phi) is 5.12. The number of H-pyrrole nitrogens is 1. The Balaban J connectivity index is 2.20. The van der Waals surface area contributed by atoms with E-state index in [2.05, 4.69) is 29.0 Å². The van der Waals surface area contributed by atoms with Crippen LogP contribution in [0.1, 0.15) is 24.2 Å². The van der Waals surface area contributed by atoms with Gasteiger partial charge in [0.15, 0.2) is 0 Å². The van der Waals surface area contributed by atoms with Crippen molar-refractivity contribution in [2.75, 3.05) is 27.2 Å². The number of nitrogens with one attached hydrogen (secondary N) is 2. The average Bonchev–Trinajstić information content (AvgIpc) is 2.43. The van der Waals surface area contributed by atoms with Crippen LogP contribution in [0.25, 0.3) is 10.9 Å². The first-order chi connectivity index (χ1) is 10.7. The third-order valence-electron chi connectivity index (χ3n) is 3.56. The molecular weight excluding hydrogens is 314 g/mol. The van der Waals surface area contributed by atoms with Crippen LogP contribution in [0, 0.1) is 5.41 Å². The molecule has 2 aromatic rings. The van der Waals surface area contributed by atoms with E-state index < -0.39 is 0 Å². The van der Waals surface area contributed by atoms with Gasteiger partial charge in [-0.25, -0.2) is 0 Å². The van der Waals surface area contributed by atoms with Crippen LogP contribution >= 0.6 is 11.6 Å². The van der Waals surface area contributed by atoms with Crippen LogP contribution in [0.3, 0.4) is 0 Å². The summed E-state index contributed by atoms with van der Waals surface area (Å²) in [5.41, 5.74) is 0.349. The minimum atomic E-state index is -0.366. The van der Waals surface area contributed by atoms with Crippen molar-refractivity contribution in [3.63, 3.8) is 0 Å². The lowest BCUT2D eigenvalue weighted by Crippen LogP contribution is -2.41. The molecule has 2 rings (SSSR count). The summed E-state index contributed by atoms with van der Waals surface area (Å²) in [7, 11) is 3.98. The Morgan fingerprint density at radius 3 is 2.70 bits per heavy atom. The number of amides is 1. The number of carbonyl (C=O) groups excluding carboxylic acids is 1. The van der Waals surface area contributed by atoms with Crippen molar-refractivity contribution in [3.8, 4) is 0 Å². The van der Waals surface area contributed by atoms with Crippen LogP contribution in [0.15, 0.2) is 29.2 Å². The molecule has 23 heavy (non-hydrogen) atoms. The fourth-order valence-corrected chi connectivity index (χ4v) is 2.86. The Labute approximate surface area is 140 Å². The molecule has 0 fully saturated rings. The highest BCUT2D eigenvalue weighted by molar-refractivity contribution is 6.31. The Morgan fingerprint density at radius 1 is 1.35 bits per heavy atom. The Hall–Kier alpha value is -1.85. The zero-order valence-electron chi connectivity index (χ0n) is 13.9. The summed E-state index contributed by atoms with van der Waals surface area (Å²) >= 11 is 5.91. The molecule has 6 heteroatoms. The van der Waals surface area contributed by atoms with E-state index in [9.17, 15) is 9.59 Å². The largest absolute Gasteiger partial charge is 0.360 e. The van der Waals surface area contributed by atoms with Gasteiger partial charge in [0.25, 0.3) is 5.91 Å². The lowest BCUT2D eigenvalue weighted by molar-refractivity contribution is 0.0928. The van der Waals surface area contributed by atoms with E-state index in [0.717, 1.165) is 6.54 Å². The second kappa shape index (κ2) is 6.72. The number of aromatic nitrogens is 1. The monoisotopic (exact) mass is 335 g/mol. The maximum atomic E-state index is 12.5. The number of aromatic amines is 1. The molecule has 0 aliphatic heterocycles. The average molecular weight is 336 g/mol. The highest BCUT2D eigenvalue weighted by Crippen LogP contribution is 2.16. The van der Waals surface area contributed by atoms with Gasteiger partial charge in [0.1, 0.15) is 5.56 Å². The molecule has 0 atom stereocenters. The first-order valence-corrected chi connectivity index (χ1v) is 7.81. The van der Waals surface area contributed by atoms with Crippen molar-refractivity contribution >= 4 is 28.4 Å².